The Morgan fingerprint density at radius 1 is 1.25 bits per heavy atom. The van der Waals surface area contributed by atoms with Gasteiger partial charge in [-0.05, 0) is 28.1 Å². The molecule has 0 bridgehead atoms. The zero-order valence-electron chi connectivity index (χ0n) is 5.96. The van der Waals surface area contributed by atoms with E-state index in [1.807, 2.05) is 0 Å². The van der Waals surface area contributed by atoms with Crippen LogP contribution in [0.1, 0.15) is 0 Å². The molecule has 0 atom stereocenters. The standard InChI is InChI=1S/C8H4BrFN2/c9-8-6-2-1-5(10)3-7(6)11-4-12-8/h1-4H. The number of fused-ring (bicyclic) bond motifs is 1. The molecule has 2 rings (SSSR count). The average Bonchev–Trinajstić information content (AvgIpc) is 2.04. The molecule has 1 aromatic heterocycles. The molecular formula is C8H4BrFN2. The Kier molecular flexibility index (Phi) is 1.77. The molecule has 1 aromatic carbocycles. The fourth-order valence-corrected chi connectivity index (χ4v) is 1.42. The van der Waals surface area contributed by atoms with Gasteiger partial charge in [0.2, 0.25) is 0 Å². The van der Waals surface area contributed by atoms with Gasteiger partial charge in [-0.1, -0.05) is 0 Å². The predicted octanol–water partition coefficient (Wildman–Crippen LogP) is 2.53. The van der Waals surface area contributed by atoms with Crippen molar-refractivity contribution >= 4 is 26.8 Å². The fraction of sp³-hybridized carbons (Fsp3) is 0. The van der Waals surface area contributed by atoms with Crippen molar-refractivity contribution < 1.29 is 4.39 Å². The van der Waals surface area contributed by atoms with Crippen LogP contribution in [0.4, 0.5) is 4.39 Å². The van der Waals surface area contributed by atoms with E-state index in [1.165, 1.54) is 18.5 Å². The minimum atomic E-state index is -0.284. The van der Waals surface area contributed by atoms with Gasteiger partial charge >= 0.3 is 0 Å². The molecule has 12 heavy (non-hydrogen) atoms. The van der Waals surface area contributed by atoms with Crippen LogP contribution in [0.15, 0.2) is 29.1 Å². The van der Waals surface area contributed by atoms with Crippen molar-refractivity contribution in [3.8, 4) is 0 Å². The minimum absolute atomic E-state index is 0.284. The zero-order chi connectivity index (χ0) is 8.55. The third-order valence-electron chi connectivity index (χ3n) is 1.55. The third kappa shape index (κ3) is 1.18. The number of aromatic nitrogens is 2. The molecule has 2 aromatic rings. The van der Waals surface area contributed by atoms with Crippen molar-refractivity contribution in [1.29, 1.82) is 0 Å². The van der Waals surface area contributed by atoms with Gasteiger partial charge in [0.1, 0.15) is 16.7 Å². The minimum Gasteiger partial charge on any atom is -0.236 e. The Balaban J connectivity index is 2.86. The zero-order valence-corrected chi connectivity index (χ0v) is 7.55. The summed E-state index contributed by atoms with van der Waals surface area (Å²) in [5, 5.41) is 0.818. The Bertz CT molecular complexity index is 430. The highest BCUT2D eigenvalue weighted by Crippen LogP contribution is 2.19. The number of hydrogen-bond acceptors (Lipinski definition) is 2. The van der Waals surface area contributed by atoms with Crippen LogP contribution < -0.4 is 0 Å². The summed E-state index contributed by atoms with van der Waals surface area (Å²) in [6, 6.07) is 4.41. The van der Waals surface area contributed by atoms with E-state index in [4.69, 9.17) is 0 Å². The molecule has 0 unspecified atom stereocenters. The van der Waals surface area contributed by atoms with Crippen molar-refractivity contribution in [2.24, 2.45) is 0 Å². The van der Waals surface area contributed by atoms with Crippen molar-refractivity contribution in [3.05, 3.63) is 34.9 Å². The SMILES string of the molecule is Fc1ccc2c(Br)ncnc2c1. The van der Waals surface area contributed by atoms with Gasteiger partial charge in [-0.25, -0.2) is 14.4 Å². The highest BCUT2D eigenvalue weighted by Gasteiger charge is 2.00. The van der Waals surface area contributed by atoms with E-state index in [-0.39, 0.29) is 5.82 Å². The van der Waals surface area contributed by atoms with Gasteiger partial charge in [-0.3, -0.25) is 0 Å². The molecule has 0 radical (unpaired) electrons. The Morgan fingerprint density at radius 3 is 2.92 bits per heavy atom. The van der Waals surface area contributed by atoms with E-state index < -0.39 is 0 Å². The molecule has 0 aliphatic heterocycles. The second kappa shape index (κ2) is 2.79. The lowest BCUT2D eigenvalue weighted by Gasteiger charge is -1.97. The van der Waals surface area contributed by atoms with E-state index in [9.17, 15) is 4.39 Å². The molecule has 0 saturated heterocycles. The van der Waals surface area contributed by atoms with Gasteiger partial charge in [0.15, 0.2) is 0 Å². The second-order valence-corrected chi connectivity index (χ2v) is 3.08. The van der Waals surface area contributed by atoms with E-state index in [0.717, 1.165) is 5.39 Å². The maximum atomic E-state index is 12.7. The Labute approximate surface area is 76.6 Å². The summed E-state index contributed by atoms with van der Waals surface area (Å²) < 4.78 is 13.4. The first-order valence-electron chi connectivity index (χ1n) is 3.33. The lowest BCUT2D eigenvalue weighted by Crippen LogP contribution is -1.84. The van der Waals surface area contributed by atoms with E-state index >= 15 is 0 Å². The van der Waals surface area contributed by atoms with Crippen LogP contribution in [0.3, 0.4) is 0 Å². The van der Waals surface area contributed by atoms with Gasteiger partial charge in [0, 0.05) is 11.5 Å². The summed E-state index contributed by atoms with van der Waals surface area (Å²) in [6.07, 6.45) is 1.39. The monoisotopic (exact) mass is 226 g/mol. The Morgan fingerprint density at radius 2 is 2.08 bits per heavy atom. The summed E-state index contributed by atoms with van der Waals surface area (Å²) >= 11 is 3.25. The number of halogens is 2. The molecule has 60 valence electrons. The smallest absolute Gasteiger partial charge is 0.125 e. The molecule has 0 aliphatic carbocycles. The van der Waals surface area contributed by atoms with E-state index in [0.29, 0.717) is 10.1 Å². The first kappa shape index (κ1) is 7.61. The highest BCUT2D eigenvalue weighted by atomic mass is 79.9. The summed E-state index contributed by atoms with van der Waals surface area (Å²) in [7, 11) is 0. The molecule has 4 heteroatoms. The van der Waals surface area contributed by atoms with E-state index in [2.05, 4.69) is 25.9 Å². The van der Waals surface area contributed by atoms with Crippen molar-refractivity contribution in [2.75, 3.05) is 0 Å². The van der Waals surface area contributed by atoms with E-state index in [1.54, 1.807) is 6.07 Å². The van der Waals surface area contributed by atoms with Crippen molar-refractivity contribution in [3.63, 3.8) is 0 Å². The van der Waals surface area contributed by atoms with Crippen LogP contribution in [0, 0.1) is 5.82 Å². The number of rotatable bonds is 0. The molecule has 1 heterocycles. The van der Waals surface area contributed by atoms with Crippen LogP contribution in [0.25, 0.3) is 10.9 Å². The van der Waals surface area contributed by atoms with Crippen molar-refractivity contribution in [2.45, 2.75) is 0 Å². The number of nitrogens with zero attached hydrogens (tertiary/aromatic N) is 2. The van der Waals surface area contributed by atoms with Gasteiger partial charge < -0.3 is 0 Å². The third-order valence-corrected chi connectivity index (χ3v) is 2.18. The predicted molar refractivity (Wildman–Crippen MR) is 47.2 cm³/mol. The van der Waals surface area contributed by atoms with Gasteiger partial charge in [-0.2, -0.15) is 0 Å². The summed E-state index contributed by atoms with van der Waals surface area (Å²) in [6.45, 7) is 0. The summed E-state index contributed by atoms with van der Waals surface area (Å²) in [5.74, 6) is -0.284. The quantitative estimate of drug-likeness (QED) is 0.646. The highest BCUT2D eigenvalue weighted by molar-refractivity contribution is 9.10. The normalized spacial score (nSPS) is 10.5. The van der Waals surface area contributed by atoms with Gasteiger partial charge in [0.25, 0.3) is 0 Å². The number of benzene rings is 1. The van der Waals surface area contributed by atoms with Crippen LogP contribution in [0.2, 0.25) is 0 Å². The molecule has 0 N–H and O–H groups in total. The number of hydrogen-bond donors (Lipinski definition) is 0. The maximum Gasteiger partial charge on any atom is 0.125 e. The summed E-state index contributed by atoms with van der Waals surface area (Å²) in [5.41, 5.74) is 0.608. The molecule has 0 aliphatic rings. The summed E-state index contributed by atoms with van der Waals surface area (Å²) in [4.78, 5) is 7.84. The largest absolute Gasteiger partial charge is 0.236 e. The molecule has 0 amide bonds. The lowest BCUT2D eigenvalue weighted by molar-refractivity contribution is 0.629. The van der Waals surface area contributed by atoms with Crippen LogP contribution >= 0.6 is 15.9 Å². The van der Waals surface area contributed by atoms with Gasteiger partial charge in [0.05, 0.1) is 5.52 Å². The first-order valence-corrected chi connectivity index (χ1v) is 4.12. The molecule has 0 spiro atoms. The molecule has 0 saturated carbocycles. The Hall–Kier alpha value is -1.03. The first-order chi connectivity index (χ1) is 5.77. The van der Waals surface area contributed by atoms with Crippen LogP contribution in [0.5, 0.6) is 0 Å². The topological polar surface area (TPSA) is 25.8 Å². The maximum absolute atomic E-state index is 12.7. The average molecular weight is 227 g/mol. The van der Waals surface area contributed by atoms with Crippen molar-refractivity contribution in [1.82, 2.24) is 9.97 Å². The lowest BCUT2D eigenvalue weighted by atomic mass is 10.2. The fourth-order valence-electron chi connectivity index (χ4n) is 0.997. The van der Waals surface area contributed by atoms with Gasteiger partial charge in [-0.15, -0.1) is 0 Å². The molecule has 2 nitrogen and oxygen atoms in total. The molecule has 0 fully saturated rings. The van der Waals surface area contributed by atoms with Crippen LogP contribution in [-0.2, 0) is 0 Å². The second-order valence-electron chi connectivity index (χ2n) is 2.33. The molecular weight excluding hydrogens is 223 g/mol. The van der Waals surface area contributed by atoms with Crippen LogP contribution in [-0.4, -0.2) is 9.97 Å².